The highest BCUT2D eigenvalue weighted by Crippen LogP contribution is 2.22. The molecule has 0 aliphatic rings. The van der Waals surface area contributed by atoms with Crippen molar-refractivity contribution in [1.82, 2.24) is 10.4 Å². The van der Waals surface area contributed by atoms with Crippen LogP contribution in [0.1, 0.15) is 26.7 Å². The molecule has 0 aliphatic heterocycles. The maximum atomic E-state index is 12.1. The summed E-state index contributed by atoms with van der Waals surface area (Å²) < 4.78 is 0. The summed E-state index contributed by atoms with van der Waals surface area (Å²) in [6, 6.07) is 0. The van der Waals surface area contributed by atoms with Crippen LogP contribution in [0.25, 0.3) is 0 Å². The molecule has 0 aromatic heterocycles. The molecule has 1 amide bonds. The van der Waals surface area contributed by atoms with E-state index in [0.717, 1.165) is 0 Å². The minimum absolute atomic E-state index is 0.211. The van der Waals surface area contributed by atoms with Crippen molar-refractivity contribution in [3.8, 4) is 0 Å². The highest BCUT2D eigenvalue weighted by molar-refractivity contribution is 7.80. The fraction of sp³-hybridized carbons (Fsp3) is 0.818. The van der Waals surface area contributed by atoms with E-state index in [1.165, 1.54) is 0 Å². The molecule has 1 atom stereocenters. The molecule has 0 aromatic carbocycles. The van der Waals surface area contributed by atoms with E-state index in [4.69, 9.17) is 5.11 Å². The molecular weight excluding hydrogens is 256 g/mol. The number of rotatable bonds is 8. The average molecular weight is 278 g/mol. The third-order valence-corrected chi connectivity index (χ3v) is 3.28. The number of carboxylic acid groups (broad SMARTS) is 1. The van der Waals surface area contributed by atoms with Crippen LogP contribution in [-0.4, -0.2) is 52.1 Å². The zero-order chi connectivity index (χ0) is 14.3. The topological polar surface area (TPSA) is 89.9 Å². The van der Waals surface area contributed by atoms with Crippen LogP contribution in [0, 0.1) is 5.92 Å². The number of carbonyl (C=O) groups is 2. The van der Waals surface area contributed by atoms with Crippen LogP contribution in [0.15, 0.2) is 0 Å². The van der Waals surface area contributed by atoms with Crippen molar-refractivity contribution >= 4 is 24.5 Å². The first-order valence-corrected chi connectivity index (χ1v) is 6.41. The summed E-state index contributed by atoms with van der Waals surface area (Å²) in [6.07, 6.45) is 0.218. The number of carbonyl (C=O) groups excluding carboxylic acids is 1. The third kappa shape index (κ3) is 5.24. The Balaban J connectivity index is 4.70. The second-order valence-corrected chi connectivity index (χ2v) is 5.09. The fourth-order valence-electron chi connectivity index (χ4n) is 1.59. The van der Waals surface area contributed by atoms with Gasteiger partial charge < -0.3 is 10.4 Å². The van der Waals surface area contributed by atoms with Crippen molar-refractivity contribution in [2.75, 3.05) is 19.3 Å². The number of amides is 1. The Morgan fingerprint density at radius 3 is 2.39 bits per heavy atom. The number of carboxylic acids is 1. The summed E-state index contributed by atoms with van der Waals surface area (Å²) >= 11 is 4.10. The third-order valence-electron chi connectivity index (χ3n) is 3.02. The minimum Gasteiger partial charge on any atom is -0.481 e. The molecule has 0 saturated heterocycles. The summed E-state index contributed by atoms with van der Waals surface area (Å²) in [5.74, 6) is -1.49. The summed E-state index contributed by atoms with van der Waals surface area (Å²) in [5.41, 5.74) is -0.496. The summed E-state index contributed by atoms with van der Waals surface area (Å²) in [4.78, 5) is 22.5. The zero-order valence-corrected chi connectivity index (χ0v) is 11.9. The van der Waals surface area contributed by atoms with Crippen molar-refractivity contribution in [1.29, 1.82) is 0 Å². The molecule has 7 heteroatoms. The largest absolute Gasteiger partial charge is 0.481 e. The number of hydrogen-bond donors (Lipinski definition) is 4. The van der Waals surface area contributed by atoms with Gasteiger partial charge in [-0.15, -0.1) is 0 Å². The van der Waals surface area contributed by atoms with Gasteiger partial charge in [0.25, 0.3) is 5.91 Å². The Morgan fingerprint density at radius 1 is 1.44 bits per heavy atom. The highest BCUT2D eigenvalue weighted by atomic mass is 32.1. The maximum Gasteiger partial charge on any atom is 0.305 e. The van der Waals surface area contributed by atoms with Crippen molar-refractivity contribution < 1.29 is 19.9 Å². The molecule has 6 nitrogen and oxygen atoms in total. The monoisotopic (exact) mass is 278 g/mol. The first kappa shape index (κ1) is 17.2. The molecular formula is C11H22N2O4S. The summed E-state index contributed by atoms with van der Waals surface area (Å²) in [6.45, 7) is 3.49. The Bertz CT molecular complexity index is 297. The van der Waals surface area contributed by atoms with Gasteiger partial charge in [0.05, 0.1) is 18.9 Å². The molecule has 18 heavy (non-hydrogen) atoms. The SMILES string of the molecule is CNC(C)(C)C(CCS)C(=O)N(O)CCC(=O)O. The number of nitrogens with zero attached hydrogens (tertiary/aromatic N) is 1. The number of aliphatic carboxylic acids is 1. The van der Waals surface area contributed by atoms with Gasteiger partial charge in [0.1, 0.15) is 0 Å². The van der Waals surface area contributed by atoms with Crippen LogP contribution in [0.4, 0.5) is 0 Å². The van der Waals surface area contributed by atoms with Gasteiger partial charge in [0, 0.05) is 5.54 Å². The smallest absolute Gasteiger partial charge is 0.305 e. The quantitative estimate of drug-likeness (QED) is 0.297. The van der Waals surface area contributed by atoms with E-state index in [1.807, 2.05) is 13.8 Å². The van der Waals surface area contributed by atoms with Gasteiger partial charge in [-0.25, -0.2) is 5.06 Å². The van der Waals surface area contributed by atoms with Gasteiger partial charge in [0.2, 0.25) is 0 Å². The number of hydrogen-bond acceptors (Lipinski definition) is 5. The van der Waals surface area contributed by atoms with Crippen LogP contribution in [0.3, 0.4) is 0 Å². The zero-order valence-electron chi connectivity index (χ0n) is 11.0. The highest BCUT2D eigenvalue weighted by Gasteiger charge is 2.35. The fourth-order valence-corrected chi connectivity index (χ4v) is 1.85. The Kier molecular flexibility index (Phi) is 7.27. The van der Waals surface area contributed by atoms with Gasteiger partial charge >= 0.3 is 5.97 Å². The molecule has 0 spiro atoms. The van der Waals surface area contributed by atoms with Crippen LogP contribution < -0.4 is 5.32 Å². The average Bonchev–Trinajstić information content (AvgIpc) is 2.31. The molecule has 0 saturated carbocycles. The van der Waals surface area contributed by atoms with Crippen LogP contribution >= 0.6 is 12.6 Å². The molecule has 3 N–H and O–H groups in total. The molecule has 1 unspecified atom stereocenters. The Morgan fingerprint density at radius 2 is 2.00 bits per heavy atom. The van der Waals surface area contributed by atoms with Crippen LogP contribution in [0.2, 0.25) is 0 Å². The first-order chi connectivity index (χ1) is 8.26. The van der Waals surface area contributed by atoms with Gasteiger partial charge in [-0.2, -0.15) is 12.6 Å². The minimum atomic E-state index is -1.06. The molecule has 106 valence electrons. The van der Waals surface area contributed by atoms with E-state index in [9.17, 15) is 14.8 Å². The molecule has 0 fully saturated rings. The lowest BCUT2D eigenvalue weighted by Crippen LogP contribution is -2.51. The van der Waals surface area contributed by atoms with Crippen molar-refractivity contribution in [3.05, 3.63) is 0 Å². The van der Waals surface area contributed by atoms with Crippen molar-refractivity contribution in [2.45, 2.75) is 32.2 Å². The van der Waals surface area contributed by atoms with E-state index in [1.54, 1.807) is 7.05 Å². The van der Waals surface area contributed by atoms with E-state index in [-0.39, 0.29) is 13.0 Å². The predicted octanol–water partition coefficient (Wildman–Crippen LogP) is 0.613. The lowest BCUT2D eigenvalue weighted by atomic mass is 9.84. The molecule has 0 aliphatic carbocycles. The van der Waals surface area contributed by atoms with Crippen molar-refractivity contribution in [2.24, 2.45) is 5.92 Å². The lowest BCUT2D eigenvalue weighted by molar-refractivity contribution is -0.174. The van der Waals surface area contributed by atoms with E-state index < -0.39 is 23.3 Å². The van der Waals surface area contributed by atoms with Crippen LogP contribution in [0.5, 0.6) is 0 Å². The van der Waals surface area contributed by atoms with Crippen molar-refractivity contribution in [3.63, 3.8) is 0 Å². The van der Waals surface area contributed by atoms with Gasteiger partial charge in [-0.05, 0) is 33.1 Å². The van der Waals surface area contributed by atoms with Gasteiger partial charge in [-0.3, -0.25) is 14.8 Å². The molecule has 0 aromatic rings. The summed E-state index contributed by atoms with van der Waals surface area (Å²) in [5, 5.41) is 21.6. The normalized spacial score (nSPS) is 13.2. The lowest BCUT2D eigenvalue weighted by Gasteiger charge is -2.34. The number of thiol groups is 1. The van der Waals surface area contributed by atoms with Gasteiger partial charge in [-0.1, -0.05) is 0 Å². The van der Waals surface area contributed by atoms with E-state index >= 15 is 0 Å². The van der Waals surface area contributed by atoms with Crippen LogP contribution in [-0.2, 0) is 9.59 Å². The predicted molar refractivity (Wildman–Crippen MR) is 70.9 cm³/mol. The van der Waals surface area contributed by atoms with Gasteiger partial charge in [0.15, 0.2) is 0 Å². The maximum absolute atomic E-state index is 12.1. The second kappa shape index (κ2) is 7.60. The molecule has 0 radical (unpaired) electrons. The Labute approximate surface area is 113 Å². The number of hydroxylamine groups is 2. The molecule has 0 rings (SSSR count). The summed E-state index contributed by atoms with van der Waals surface area (Å²) in [7, 11) is 1.73. The molecule has 0 heterocycles. The van der Waals surface area contributed by atoms with E-state index in [2.05, 4.69) is 17.9 Å². The number of nitrogens with one attached hydrogen (secondary N) is 1. The molecule has 0 bridgehead atoms. The Hall–Kier alpha value is -0.790. The van der Waals surface area contributed by atoms with E-state index in [0.29, 0.717) is 17.2 Å². The second-order valence-electron chi connectivity index (χ2n) is 4.64. The first-order valence-electron chi connectivity index (χ1n) is 5.78. The standard InChI is InChI=1S/C11H22N2O4S/c1-11(2,12-3)8(5-7-18)10(16)13(17)6-4-9(14)15/h8,12,17-18H,4-7H2,1-3H3,(H,14,15).